The monoisotopic (exact) mass is 238 g/mol. The minimum absolute atomic E-state index is 0.644. The number of hydrogen-bond donors (Lipinski definition) is 1. The molecule has 3 aromatic rings. The third-order valence-electron chi connectivity index (χ3n) is 3.21. The van der Waals surface area contributed by atoms with Crippen LogP contribution in [0.4, 0.5) is 0 Å². The van der Waals surface area contributed by atoms with Gasteiger partial charge in [-0.2, -0.15) is 0 Å². The van der Waals surface area contributed by atoms with Crippen molar-refractivity contribution in [1.29, 1.82) is 0 Å². The molecule has 3 rings (SSSR count). The van der Waals surface area contributed by atoms with Crippen molar-refractivity contribution in [2.24, 2.45) is 0 Å². The zero-order valence-corrected chi connectivity index (χ0v) is 10.1. The first-order chi connectivity index (χ1) is 8.77. The number of aryl methyl sites for hydroxylation is 1. The molecular formula is C16H14O2. The fraction of sp³-hybridized carbons (Fsp3) is 0.125. The predicted molar refractivity (Wildman–Crippen MR) is 71.5 cm³/mol. The van der Waals surface area contributed by atoms with Crippen LogP contribution in [-0.4, -0.2) is 5.11 Å². The van der Waals surface area contributed by atoms with Crippen molar-refractivity contribution in [3.8, 4) is 0 Å². The average molecular weight is 238 g/mol. The maximum absolute atomic E-state index is 10.5. The fourth-order valence-corrected chi connectivity index (χ4v) is 2.33. The molecule has 1 atom stereocenters. The zero-order valence-electron chi connectivity index (χ0n) is 10.1. The smallest absolute Gasteiger partial charge is 0.134 e. The number of furan rings is 1. The summed E-state index contributed by atoms with van der Waals surface area (Å²) in [5.74, 6) is 0.771. The summed E-state index contributed by atoms with van der Waals surface area (Å²) < 4.78 is 5.68. The second kappa shape index (κ2) is 4.31. The van der Waals surface area contributed by atoms with E-state index in [0.29, 0.717) is 0 Å². The van der Waals surface area contributed by atoms with E-state index in [2.05, 4.69) is 0 Å². The van der Waals surface area contributed by atoms with Crippen LogP contribution < -0.4 is 0 Å². The number of aliphatic hydroxyl groups excluding tert-OH is 1. The SMILES string of the molecule is Cc1oc2ccccc2c1C(O)c1ccccc1. The largest absolute Gasteiger partial charge is 0.461 e. The minimum Gasteiger partial charge on any atom is -0.461 e. The predicted octanol–water partition coefficient (Wildman–Crippen LogP) is 3.82. The van der Waals surface area contributed by atoms with Crippen LogP contribution in [-0.2, 0) is 0 Å². The molecule has 0 bridgehead atoms. The molecule has 0 spiro atoms. The molecule has 90 valence electrons. The Kier molecular flexibility index (Phi) is 2.65. The maximum atomic E-state index is 10.5. The van der Waals surface area contributed by atoms with Crippen molar-refractivity contribution in [3.05, 3.63) is 71.5 Å². The van der Waals surface area contributed by atoms with E-state index >= 15 is 0 Å². The van der Waals surface area contributed by atoms with E-state index in [-0.39, 0.29) is 0 Å². The highest BCUT2D eigenvalue weighted by atomic mass is 16.3. The summed E-state index contributed by atoms with van der Waals surface area (Å²) in [6, 6.07) is 17.4. The number of hydrogen-bond acceptors (Lipinski definition) is 2. The van der Waals surface area contributed by atoms with Crippen LogP contribution in [0.1, 0.15) is 23.0 Å². The summed E-state index contributed by atoms with van der Waals surface area (Å²) in [4.78, 5) is 0. The molecule has 2 heteroatoms. The first-order valence-electron chi connectivity index (χ1n) is 5.98. The highest BCUT2D eigenvalue weighted by Gasteiger charge is 2.19. The molecule has 2 aromatic carbocycles. The summed E-state index contributed by atoms with van der Waals surface area (Å²) in [5.41, 5.74) is 2.56. The van der Waals surface area contributed by atoms with Gasteiger partial charge in [-0.15, -0.1) is 0 Å². The second-order valence-electron chi connectivity index (χ2n) is 4.38. The van der Waals surface area contributed by atoms with Crippen molar-refractivity contribution in [1.82, 2.24) is 0 Å². The van der Waals surface area contributed by atoms with Crippen molar-refractivity contribution in [3.63, 3.8) is 0 Å². The zero-order chi connectivity index (χ0) is 12.5. The van der Waals surface area contributed by atoms with Gasteiger partial charge in [-0.3, -0.25) is 0 Å². The Morgan fingerprint density at radius 3 is 2.39 bits per heavy atom. The maximum Gasteiger partial charge on any atom is 0.134 e. The van der Waals surface area contributed by atoms with Crippen LogP contribution in [0.2, 0.25) is 0 Å². The lowest BCUT2D eigenvalue weighted by Gasteiger charge is -2.10. The van der Waals surface area contributed by atoms with Gasteiger partial charge < -0.3 is 9.52 Å². The standard InChI is InChI=1S/C16H14O2/c1-11-15(13-9-5-6-10-14(13)18-11)16(17)12-7-3-2-4-8-12/h2-10,16-17H,1H3. The Bertz CT molecular complexity index is 668. The van der Waals surface area contributed by atoms with E-state index < -0.39 is 6.10 Å². The number of benzene rings is 2. The number of rotatable bonds is 2. The van der Waals surface area contributed by atoms with Gasteiger partial charge in [0.2, 0.25) is 0 Å². The molecule has 1 N–H and O–H groups in total. The van der Waals surface area contributed by atoms with E-state index in [1.807, 2.05) is 61.5 Å². The molecule has 0 saturated carbocycles. The third-order valence-corrected chi connectivity index (χ3v) is 3.21. The normalized spacial score (nSPS) is 12.8. The summed E-state index contributed by atoms with van der Waals surface area (Å²) >= 11 is 0. The molecule has 0 aliphatic rings. The third kappa shape index (κ3) is 1.71. The lowest BCUT2D eigenvalue weighted by Crippen LogP contribution is -1.99. The minimum atomic E-state index is -0.644. The molecule has 2 nitrogen and oxygen atoms in total. The van der Waals surface area contributed by atoms with E-state index in [1.165, 1.54) is 0 Å². The second-order valence-corrected chi connectivity index (χ2v) is 4.38. The average Bonchev–Trinajstić information content (AvgIpc) is 2.75. The van der Waals surface area contributed by atoms with Crippen molar-refractivity contribution < 1.29 is 9.52 Å². The van der Waals surface area contributed by atoms with Crippen LogP contribution in [0.15, 0.2) is 59.0 Å². The van der Waals surface area contributed by atoms with Crippen LogP contribution in [0.5, 0.6) is 0 Å². The highest BCUT2D eigenvalue weighted by Crippen LogP contribution is 2.33. The van der Waals surface area contributed by atoms with Crippen molar-refractivity contribution >= 4 is 11.0 Å². The fourth-order valence-electron chi connectivity index (χ4n) is 2.33. The Morgan fingerprint density at radius 1 is 0.944 bits per heavy atom. The quantitative estimate of drug-likeness (QED) is 0.736. The number of fused-ring (bicyclic) bond motifs is 1. The molecule has 0 aliphatic carbocycles. The first kappa shape index (κ1) is 11.1. The van der Waals surface area contributed by atoms with Crippen LogP contribution in [0, 0.1) is 6.92 Å². The van der Waals surface area contributed by atoms with Gasteiger partial charge in [-0.25, -0.2) is 0 Å². The molecule has 1 unspecified atom stereocenters. The molecule has 0 radical (unpaired) electrons. The van der Waals surface area contributed by atoms with Crippen molar-refractivity contribution in [2.45, 2.75) is 13.0 Å². The molecule has 0 saturated heterocycles. The van der Waals surface area contributed by atoms with Crippen LogP contribution in [0.25, 0.3) is 11.0 Å². The van der Waals surface area contributed by atoms with Gasteiger partial charge in [0.1, 0.15) is 17.4 Å². The van der Waals surface area contributed by atoms with Crippen LogP contribution >= 0.6 is 0 Å². The first-order valence-corrected chi connectivity index (χ1v) is 5.98. The number of aliphatic hydroxyl groups is 1. The van der Waals surface area contributed by atoms with Gasteiger partial charge >= 0.3 is 0 Å². The van der Waals surface area contributed by atoms with Gasteiger partial charge in [0.05, 0.1) is 0 Å². The van der Waals surface area contributed by atoms with Gasteiger partial charge in [-0.05, 0) is 18.6 Å². The molecular weight excluding hydrogens is 224 g/mol. The Labute approximate surface area is 105 Å². The molecule has 0 aliphatic heterocycles. The molecule has 1 heterocycles. The Morgan fingerprint density at radius 2 is 1.61 bits per heavy atom. The summed E-state index contributed by atoms with van der Waals surface area (Å²) in [7, 11) is 0. The molecule has 0 amide bonds. The molecule has 18 heavy (non-hydrogen) atoms. The van der Waals surface area contributed by atoms with Gasteiger partial charge in [0.25, 0.3) is 0 Å². The molecule has 1 aromatic heterocycles. The topological polar surface area (TPSA) is 33.4 Å². The van der Waals surface area contributed by atoms with Gasteiger partial charge in [0, 0.05) is 10.9 Å². The van der Waals surface area contributed by atoms with E-state index in [0.717, 1.165) is 27.9 Å². The highest BCUT2D eigenvalue weighted by molar-refractivity contribution is 5.83. The van der Waals surface area contributed by atoms with Crippen molar-refractivity contribution in [2.75, 3.05) is 0 Å². The van der Waals surface area contributed by atoms with E-state index in [4.69, 9.17) is 4.42 Å². The molecule has 0 fully saturated rings. The Balaban J connectivity index is 2.17. The summed E-state index contributed by atoms with van der Waals surface area (Å²) in [6.45, 7) is 1.89. The van der Waals surface area contributed by atoms with Crippen LogP contribution in [0.3, 0.4) is 0 Å². The van der Waals surface area contributed by atoms with E-state index in [9.17, 15) is 5.11 Å². The summed E-state index contributed by atoms with van der Waals surface area (Å²) in [6.07, 6.45) is -0.644. The Hall–Kier alpha value is -2.06. The van der Waals surface area contributed by atoms with E-state index in [1.54, 1.807) is 0 Å². The lowest BCUT2D eigenvalue weighted by atomic mass is 9.99. The van der Waals surface area contributed by atoms with Gasteiger partial charge in [-0.1, -0.05) is 48.5 Å². The number of para-hydroxylation sites is 1. The van der Waals surface area contributed by atoms with Gasteiger partial charge in [0.15, 0.2) is 0 Å². The lowest BCUT2D eigenvalue weighted by molar-refractivity contribution is 0.219. The summed E-state index contributed by atoms with van der Waals surface area (Å²) in [5, 5.41) is 11.5.